The summed E-state index contributed by atoms with van der Waals surface area (Å²) in [5.41, 5.74) is 5.64. The molecule has 0 heterocycles. The molecule has 3 aromatic carbocycles. The molecule has 0 saturated heterocycles. The van der Waals surface area contributed by atoms with Gasteiger partial charge in [-0.1, -0.05) is 60.2 Å². The number of hydrogen-bond donors (Lipinski definition) is 1. The number of amides is 1. The monoisotopic (exact) mass is 387 g/mol. The van der Waals surface area contributed by atoms with E-state index in [1.807, 2.05) is 76.2 Å². The minimum Gasteiger partial charge on any atom is -0.444 e. The summed E-state index contributed by atoms with van der Waals surface area (Å²) in [6.45, 7) is 7.71. The Bertz CT molecular complexity index is 1040. The Labute approximate surface area is 171 Å². The summed E-state index contributed by atoms with van der Waals surface area (Å²) >= 11 is 0. The van der Waals surface area contributed by atoms with E-state index in [2.05, 4.69) is 5.32 Å². The molecule has 0 radical (unpaired) electrons. The van der Waals surface area contributed by atoms with E-state index in [4.69, 9.17) is 4.74 Å². The van der Waals surface area contributed by atoms with Crippen molar-refractivity contribution in [3.05, 3.63) is 100 Å². The van der Waals surface area contributed by atoms with Gasteiger partial charge in [0, 0.05) is 11.3 Å². The Morgan fingerprint density at radius 3 is 2.14 bits per heavy atom. The molecule has 1 N–H and O–H groups in total. The average molecular weight is 387 g/mol. The van der Waals surface area contributed by atoms with Gasteiger partial charge in [0.15, 0.2) is 0 Å². The molecular weight excluding hydrogens is 362 g/mol. The van der Waals surface area contributed by atoms with Crippen LogP contribution in [0.25, 0.3) is 0 Å². The zero-order chi connectivity index (χ0) is 21.0. The number of aryl methyl sites for hydroxylation is 4. The first-order valence-corrected chi connectivity index (χ1v) is 9.56. The van der Waals surface area contributed by atoms with Gasteiger partial charge >= 0.3 is 5.97 Å². The van der Waals surface area contributed by atoms with Gasteiger partial charge in [0.05, 0.1) is 5.56 Å². The summed E-state index contributed by atoms with van der Waals surface area (Å²) in [6.07, 6.45) is -1.05. The van der Waals surface area contributed by atoms with Crippen molar-refractivity contribution in [3.8, 4) is 0 Å². The van der Waals surface area contributed by atoms with Crippen molar-refractivity contribution in [2.24, 2.45) is 0 Å². The zero-order valence-electron chi connectivity index (χ0n) is 17.2. The molecule has 3 aromatic rings. The van der Waals surface area contributed by atoms with Crippen LogP contribution in [0.1, 0.15) is 44.3 Å². The van der Waals surface area contributed by atoms with Crippen LogP contribution in [-0.4, -0.2) is 11.9 Å². The highest BCUT2D eigenvalue weighted by atomic mass is 16.5. The Morgan fingerprint density at radius 1 is 0.793 bits per heavy atom. The van der Waals surface area contributed by atoms with Crippen molar-refractivity contribution in [2.75, 3.05) is 5.32 Å². The second-order valence-electron chi connectivity index (χ2n) is 7.32. The summed E-state index contributed by atoms with van der Waals surface area (Å²) in [7, 11) is 0. The first-order chi connectivity index (χ1) is 13.8. The van der Waals surface area contributed by atoms with E-state index in [0.29, 0.717) is 16.8 Å². The number of carbonyl (C=O) groups is 2. The molecule has 1 atom stereocenters. The molecule has 0 bridgehead atoms. The van der Waals surface area contributed by atoms with Crippen LogP contribution in [0.15, 0.2) is 66.7 Å². The van der Waals surface area contributed by atoms with E-state index >= 15 is 0 Å². The van der Waals surface area contributed by atoms with Crippen molar-refractivity contribution < 1.29 is 14.3 Å². The van der Waals surface area contributed by atoms with Crippen molar-refractivity contribution >= 4 is 17.6 Å². The van der Waals surface area contributed by atoms with Crippen molar-refractivity contribution in [1.29, 1.82) is 0 Å². The number of esters is 1. The molecule has 0 saturated carbocycles. The van der Waals surface area contributed by atoms with Gasteiger partial charge in [0.25, 0.3) is 5.91 Å². The first kappa shape index (κ1) is 20.3. The fourth-order valence-corrected chi connectivity index (χ4v) is 3.18. The maximum Gasteiger partial charge on any atom is 0.339 e. The normalized spacial score (nSPS) is 11.6. The van der Waals surface area contributed by atoms with E-state index in [1.165, 1.54) is 0 Å². The average Bonchev–Trinajstić information content (AvgIpc) is 2.69. The Balaban J connectivity index is 1.89. The minimum absolute atomic E-state index is 0.386. The lowest BCUT2D eigenvalue weighted by molar-refractivity contribution is -0.125. The van der Waals surface area contributed by atoms with Gasteiger partial charge in [-0.2, -0.15) is 0 Å². The maximum atomic E-state index is 13.1. The van der Waals surface area contributed by atoms with E-state index in [1.54, 1.807) is 18.2 Å². The van der Waals surface area contributed by atoms with Crippen molar-refractivity contribution in [3.63, 3.8) is 0 Å². The standard InChI is InChI=1S/C25H25NO3/c1-16-11-13-21(19(4)14-16)25(28)29-23(20-8-6-5-7-9-20)24(27)26-22-15-17(2)10-12-18(22)3/h5-15,23H,1-4H3,(H,26,27)/t23-/m1/s1. The van der Waals surface area contributed by atoms with Gasteiger partial charge in [0.2, 0.25) is 6.10 Å². The van der Waals surface area contributed by atoms with Gasteiger partial charge in [-0.15, -0.1) is 0 Å². The lowest BCUT2D eigenvalue weighted by atomic mass is 10.0. The highest BCUT2D eigenvalue weighted by Gasteiger charge is 2.26. The third-order valence-electron chi connectivity index (χ3n) is 4.82. The molecule has 0 aromatic heterocycles. The van der Waals surface area contributed by atoms with Gasteiger partial charge in [-0.3, -0.25) is 4.79 Å². The van der Waals surface area contributed by atoms with Crippen LogP contribution < -0.4 is 5.32 Å². The van der Waals surface area contributed by atoms with Gasteiger partial charge in [-0.05, 0) is 56.5 Å². The summed E-state index contributed by atoms with van der Waals surface area (Å²) < 4.78 is 5.70. The van der Waals surface area contributed by atoms with E-state index in [9.17, 15) is 9.59 Å². The number of hydrogen-bond acceptors (Lipinski definition) is 3. The lowest BCUT2D eigenvalue weighted by Gasteiger charge is -2.19. The summed E-state index contributed by atoms with van der Waals surface area (Å²) in [5.74, 6) is -0.907. The molecule has 3 rings (SSSR count). The molecule has 0 unspecified atom stereocenters. The molecular formula is C25H25NO3. The van der Waals surface area contributed by atoms with Crippen LogP contribution >= 0.6 is 0 Å². The predicted octanol–water partition coefficient (Wildman–Crippen LogP) is 5.46. The van der Waals surface area contributed by atoms with Crippen molar-refractivity contribution in [2.45, 2.75) is 33.8 Å². The minimum atomic E-state index is -1.05. The number of anilines is 1. The fraction of sp³-hybridized carbons (Fsp3) is 0.200. The molecule has 0 spiro atoms. The Kier molecular flexibility index (Phi) is 6.13. The van der Waals surface area contributed by atoms with Gasteiger partial charge in [0.1, 0.15) is 0 Å². The van der Waals surface area contributed by atoms with Crippen LogP contribution in [0.2, 0.25) is 0 Å². The van der Waals surface area contributed by atoms with Crippen LogP contribution in [0, 0.1) is 27.7 Å². The smallest absolute Gasteiger partial charge is 0.339 e. The number of rotatable bonds is 5. The number of nitrogens with one attached hydrogen (secondary N) is 1. The first-order valence-electron chi connectivity index (χ1n) is 9.56. The number of ether oxygens (including phenoxy) is 1. The molecule has 1 amide bonds. The Morgan fingerprint density at radius 2 is 1.45 bits per heavy atom. The SMILES string of the molecule is Cc1ccc(C(=O)O[C@@H](C(=O)Nc2cc(C)ccc2C)c2ccccc2)c(C)c1. The third-order valence-corrected chi connectivity index (χ3v) is 4.82. The molecule has 0 aliphatic carbocycles. The second kappa shape index (κ2) is 8.74. The van der Waals surface area contributed by atoms with Crippen LogP contribution in [0.5, 0.6) is 0 Å². The van der Waals surface area contributed by atoms with E-state index in [-0.39, 0.29) is 5.91 Å². The van der Waals surface area contributed by atoms with E-state index < -0.39 is 12.1 Å². The fourth-order valence-electron chi connectivity index (χ4n) is 3.18. The molecule has 4 heteroatoms. The quantitative estimate of drug-likeness (QED) is 0.592. The number of benzene rings is 3. The summed E-state index contributed by atoms with van der Waals surface area (Å²) in [4.78, 5) is 25.9. The van der Waals surface area contributed by atoms with Gasteiger partial charge < -0.3 is 10.1 Å². The predicted molar refractivity (Wildman–Crippen MR) is 115 cm³/mol. The largest absolute Gasteiger partial charge is 0.444 e. The highest BCUT2D eigenvalue weighted by Crippen LogP contribution is 2.24. The summed E-state index contributed by atoms with van der Waals surface area (Å²) in [5, 5.41) is 2.91. The molecule has 0 aliphatic rings. The molecule has 0 aliphatic heterocycles. The van der Waals surface area contributed by atoms with E-state index in [0.717, 1.165) is 22.3 Å². The van der Waals surface area contributed by atoms with Crippen LogP contribution in [0.3, 0.4) is 0 Å². The molecule has 148 valence electrons. The summed E-state index contributed by atoms with van der Waals surface area (Å²) in [6, 6.07) is 20.4. The highest BCUT2D eigenvalue weighted by molar-refractivity contribution is 5.99. The van der Waals surface area contributed by atoms with Crippen LogP contribution in [-0.2, 0) is 9.53 Å². The van der Waals surface area contributed by atoms with Crippen molar-refractivity contribution in [1.82, 2.24) is 0 Å². The van der Waals surface area contributed by atoms with Gasteiger partial charge in [-0.25, -0.2) is 4.79 Å². The second-order valence-corrected chi connectivity index (χ2v) is 7.32. The molecule has 29 heavy (non-hydrogen) atoms. The maximum absolute atomic E-state index is 13.1. The zero-order valence-corrected chi connectivity index (χ0v) is 17.2. The molecule has 0 fully saturated rings. The van der Waals surface area contributed by atoms with Crippen LogP contribution in [0.4, 0.5) is 5.69 Å². The number of carbonyl (C=O) groups excluding carboxylic acids is 2. The topological polar surface area (TPSA) is 55.4 Å². The third kappa shape index (κ3) is 4.91. The molecule has 4 nitrogen and oxygen atoms in total. The lowest BCUT2D eigenvalue weighted by Crippen LogP contribution is -2.26. The Hall–Kier alpha value is -3.40.